The first-order valence-electron chi connectivity index (χ1n) is 4.58. The van der Waals surface area contributed by atoms with E-state index in [4.69, 9.17) is 10.00 Å². The smallest absolute Gasteiger partial charge is 0.339 e. The third-order valence-corrected chi connectivity index (χ3v) is 2.13. The second-order valence-electron chi connectivity index (χ2n) is 3.12. The van der Waals surface area contributed by atoms with Crippen LogP contribution >= 0.6 is 0 Å². The first-order valence-corrected chi connectivity index (χ1v) is 4.58. The molecule has 0 saturated carbocycles. The Hall–Kier alpha value is -2.13. The van der Waals surface area contributed by atoms with Crippen molar-refractivity contribution in [2.75, 3.05) is 14.2 Å². The van der Waals surface area contributed by atoms with Crippen molar-refractivity contribution in [3.8, 4) is 11.8 Å². The van der Waals surface area contributed by atoms with E-state index in [0.29, 0.717) is 0 Å². The SMILES string of the molecule is COC(=O)C(O)c1cc(F)c(OC)c(C#N)c1. The van der Waals surface area contributed by atoms with Crippen LogP contribution in [-0.2, 0) is 9.53 Å². The highest BCUT2D eigenvalue weighted by Crippen LogP contribution is 2.27. The van der Waals surface area contributed by atoms with E-state index in [0.717, 1.165) is 13.2 Å². The fourth-order valence-corrected chi connectivity index (χ4v) is 1.31. The molecule has 0 radical (unpaired) electrons. The van der Waals surface area contributed by atoms with Gasteiger partial charge in [-0.15, -0.1) is 0 Å². The van der Waals surface area contributed by atoms with Gasteiger partial charge in [-0.2, -0.15) is 5.26 Å². The average Bonchev–Trinajstić information content (AvgIpc) is 2.35. The number of aliphatic hydroxyl groups is 1. The number of methoxy groups -OCH3 is 2. The lowest BCUT2D eigenvalue weighted by Crippen LogP contribution is -2.14. The second kappa shape index (κ2) is 5.27. The summed E-state index contributed by atoms with van der Waals surface area (Å²) in [5, 5.41) is 18.3. The van der Waals surface area contributed by atoms with Crippen molar-refractivity contribution in [3.05, 3.63) is 29.1 Å². The molecule has 1 N–H and O–H groups in total. The van der Waals surface area contributed by atoms with Gasteiger partial charge in [-0.05, 0) is 17.7 Å². The van der Waals surface area contributed by atoms with E-state index in [-0.39, 0.29) is 16.9 Å². The number of ether oxygens (including phenoxy) is 2. The summed E-state index contributed by atoms with van der Waals surface area (Å²) in [7, 11) is 2.31. The molecule has 0 aliphatic rings. The Morgan fingerprint density at radius 2 is 2.18 bits per heavy atom. The molecule has 0 heterocycles. The fourth-order valence-electron chi connectivity index (χ4n) is 1.31. The number of rotatable bonds is 3. The number of carbonyl (C=O) groups excluding carboxylic acids is 1. The first-order chi connectivity index (χ1) is 8.04. The summed E-state index contributed by atoms with van der Waals surface area (Å²) < 4.78 is 22.5. The van der Waals surface area contributed by atoms with Gasteiger partial charge >= 0.3 is 5.97 Å². The molecule has 0 aromatic heterocycles. The Kier molecular flexibility index (Phi) is 4.01. The molecule has 0 aliphatic heterocycles. The number of benzene rings is 1. The zero-order valence-corrected chi connectivity index (χ0v) is 9.23. The molecular formula is C11H10FNO4. The standard InChI is InChI=1S/C11H10FNO4/c1-16-10-7(5-13)3-6(4-8(10)12)9(14)11(15)17-2/h3-4,9,14H,1-2H3. The lowest BCUT2D eigenvalue weighted by molar-refractivity contribution is -0.150. The number of halogens is 1. The molecule has 0 saturated heterocycles. The van der Waals surface area contributed by atoms with E-state index < -0.39 is 17.9 Å². The van der Waals surface area contributed by atoms with E-state index >= 15 is 0 Å². The van der Waals surface area contributed by atoms with E-state index in [9.17, 15) is 14.3 Å². The fraction of sp³-hybridized carbons (Fsp3) is 0.273. The molecule has 0 bridgehead atoms. The molecule has 1 atom stereocenters. The summed E-state index contributed by atoms with van der Waals surface area (Å²) in [6.07, 6.45) is -1.63. The van der Waals surface area contributed by atoms with E-state index in [1.54, 1.807) is 6.07 Å². The van der Waals surface area contributed by atoms with Crippen molar-refractivity contribution in [3.63, 3.8) is 0 Å². The van der Waals surface area contributed by atoms with Crippen LogP contribution in [0.3, 0.4) is 0 Å². The highest BCUT2D eigenvalue weighted by molar-refractivity contribution is 5.76. The number of nitrogens with zero attached hydrogens (tertiary/aromatic N) is 1. The Bertz CT molecular complexity index is 481. The maximum atomic E-state index is 13.5. The molecule has 90 valence electrons. The van der Waals surface area contributed by atoms with Gasteiger partial charge < -0.3 is 14.6 Å². The Balaban J connectivity index is 3.26. The van der Waals surface area contributed by atoms with Crippen LogP contribution in [0.25, 0.3) is 0 Å². The Morgan fingerprint density at radius 1 is 1.53 bits per heavy atom. The lowest BCUT2D eigenvalue weighted by Gasteiger charge is -2.11. The van der Waals surface area contributed by atoms with E-state index in [1.165, 1.54) is 13.2 Å². The van der Waals surface area contributed by atoms with Crippen LogP contribution in [-0.4, -0.2) is 25.3 Å². The predicted octanol–water partition coefficient (Wildman–Crippen LogP) is 0.912. The topological polar surface area (TPSA) is 79.6 Å². The predicted molar refractivity (Wildman–Crippen MR) is 54.6 cm³/mol. The normalized spacial score (nSPS) is 11.5. The third-order valence-electron chi connectivity index (χ3n) is 2.13. The third kappa shape index (κ3) is 2.52. The van der Waals surface area contributed by atoms with Gasteiger partial charge in [-0.25, -0.2) is 9.18 Å². The van der Waals surface area contributed by atoms with Gasteiger partial charge in [0.15, 0.2) is 17.7 Å². The number of esters is 1. The Labute approximate surface area is 97.0 Å². The number of nitriles is 1. The van der Waals surface area contributed by atoms with E-state index in [2.05, 4.69) is 4.74 Å². The average molecular weight is 239 g/mol. The van der Waals surface area contributed by atoms with Gasteiger partial charge in [-0.1, -0.05) is 0 Å². The largest absolute Gasteiger partial charge is 0.492 e. The summed E-state index contributed by atoms with van der Waals surface area (Å²) in [4.78, 5) is 11.1. The van der Waals surface area contributed by atoms with Gasteiger partial charge in [0, 0.05) is 0 Å². The molecule has 17 heavy (non-hydrogen) atoms. The minimum atomic E-state index is -1.63. The van der Waals surface area contributed by atoms with Gasteiger partial charge in [0.1, 0.15) is 6.07 Å². The van der Waals surface area contributed by atoms with Crippen molar-refractivity contribution in [2.45, 2.75) is 6.10 Å². The summed E-state index contributed by atoms with van der Waals surface area (Å²) in [5.41, 5.74) is -0.169. The number of hydrogen-bond acceptors (Lipinski definition) is 5. The summed E-state index contributed by atoms with van der Waals surface area (Å²) in [6, 6.07) is 3.80. The van der Waals surface area contributed by atoms with Crippen molar-refractivity contribution >= 4 is 5.97 Å². The van der Waals surface area contributed by atoms with Crippen LogP contribution in [0.15, 0.2) is 12.1 Å². The molecule has 0 fully saturated rings. The minimum Gasteiger partial charge on any atom is -0.492 e. The first kappa shape index (κ1) is 12.9. The van der Waals surface area contributed by atoms with Crippen molar-refractivity contribution in [1.82, 2.24) is 0 Å². The molecule has 6 heteroatoms. The number of carbonyl (C=O) groups is 1. The molecular weight excluding hydrogens is 229 g/mol. The minimum absolute atomic E-state index is 0.0632. The zero-order chi connectivity index (χ0) is 13.0. The number of hydrogen-bond donors (Lipinski definition) is 1. The monoisotopic (exact) mass is 239 g/mol. The van der Waals surface area contributed by atoms with Crippen molar-refractivity contribution in [2.24, 2.45) is 0 Å². The second-order valence-corrected chi connectivity index (χ2v) is 3.12. The zero-order valence-electron chi connectivity index (χ0n) is 9.23. The molecule has 0 aliphatic carbocycles. The molecule has 0 amide bonds. The highest BCUT2D eigenvalue weighted by atomic mass is 19.1. The maximum absolute atomic E-state index is 13.5. The van der Waals surface area contributed by atoms with Crippen LogP contribution in [0.5, 0.6) is 5.75 Å². The molecule has 1 aromatic carbocycles. The van der Waals surface area contributed by atoms with Crippen LogP contribution in [0, 0.1) is 17.1 Å². The lowest BCUT2D eigenvalue weighted by atomic mass is 10.1. The molecule has 0 spiro atoms. The summed E-state index contributed by atoms with van der Waals surface area (Å²) >= 11 is 0. The highest BCUT2D eigenvalue weighted by Gasteiger charge is 2.21. The summed E-state index contributed by atoms with van der Waals surface area (Å²) in [6.45, 7) is 0. The van der Waals surface area contributed by atoms with Crippen LogP contribution in [0.1, 0.15) is 17.2 Å². The van der Waals surface area contributed by atoms with Gasteiger partial charge in [-0.3, -0.25) is 0 Å². The quantitative estimate of drug-likeness (QED) is 0.793. The maximum Gasteiger partial charge on any atom is 0.339 e. The molecule has 1 unspecified atom stereocenters. The molecule has 5 nitrogen and oxygen atoms in total. The molecule has 1 rings (SSSR count). The molecule has 1 aromatic rings. The van der Waals surface area contributed by atoms with Crippen LogP contribution < -0.4 is 4.74 Å². The van der Waals surface area contributed by atoms with Crippen molar-refractivity contribution < 1.29 is 23.8 Å². The van der Waals surface area contributed by atoms with E-state index in [1.807, 2.05) is 0 Å². The van der Waals surface area contributed by atoms with Gasteiger partial charge in [0.25, 0.3) is 0 Å². The van der Waals surface area contributed by atoms with Crippen LogP contribution in [0.4, 0.5) is 4.39 Å². The van der Waals surface area contributed by atoms with Crippen LogP contribution in [0.2, 0.25) is 0 Å². The Morgan fingerprint density at radius 3 is 2.65 bits per heavy atom. The van der Waals surface area contributed by atoms with Gasteiger partial charge in [0.05, 0.1) is 19.8 Å². The van der Waals surface area contributed by atoms with Gasteiger partial charge in [0.2, 0.25) is 0 Å². The number of aliphatic hydroxyl groups excluding tert-OH is 1. The van der Waals surface area contributed by atoms with Crippen molar-refractivity contribution in [1.29, 1.82) is 5.26 Å². The summed E-state index contributed by atoms with van der Waals surface area (Å²) in [5.74, 6) is -1.99.